The van der Waals surface area contributed by atoms with Crippen molar-refractivity contribution in [2.75, 3.05) is 25.6 Å². The van der Waals surface area contributed by atoms with Gasteiger partial charge >= 0.3 is 0 Å². The normalized spacial score (nSPS) is 12.1. The van der Waals surface area contributed by atoms with Crippen molar-refractivity contribution in [1.29, 1.82) is 0 Å². The van der Waals surface area contributed by atoms with Crippen LogP contribution >= 0.6 is 0 Å². The molecule has 0 aliphatic rings. The minimum Gasteiger partial charge on any atom is -0.490 e. The second-order valence-corrected chi connectivity index (χ2v) is 7.83. The molecule has 3 N–H and O–H groups in total. The highest BCUT2D eigenvalue weighted by Crippen LogP contribution is 2.27. The molecule has 0 bridgehead atoms. The zero-order chi connectivity index (χ0) is 21.1. The summed E-state index contributed by atoms with van der Waals surface area (Å²) in [6, 6.07) is 16.5. The van der Waals surface area contributed by atoms with Crippen LogP contribution in [0.3, 0.4) is 0 Å². The minimum absolute atomic E-state index is 0.101. The van der Waals surface area contributed by atoms with Crippen molar-refractivity contribution in [3.63, 3.8) is 0 Å². The van der Waals surface area contributed by atoms with Gasteiger partial charge in [-0.25, -0.2) is 0 Å². The Balaban J connectivity index is 1.42. The van der Waals surface area contributed by atoms with Gasteiger partial charge in [0.25, 0.3) is 0 Å². The molecule has 0 aliphatic carbocycles. The monoisotopic (exact) mass is 401 g/mol. The molecule has 0 fully saturated rings. The van der Waals surface area contributed by atoms with E-state index in [9.17, 15) is 0 Å². The van der Waals surface area contributed by atoms with Gasteiger partial charge in [-0.15, -0.1) is 0 Å². The van der Waals surface area contributed by atoms with Gasteiger partial charge in [0.05, 0.1) is 11.7 Å². The largest absolute Gasteiger partial charge is 0.490 e. The number of rotatable bonds is 7. The molecule has 0 aliphatic heterocycles. The van der Waals surface area contributed by atoms with Crippen molar-refractivity contribution >= 4 is 16.6 Å². The van der Waals surface area contributed by atoms with Crippen LogP contribution in [0.4, 0.5) is 5.69 Å². The Morgan fingerprint density at radius 3 is 2.77 bits per heavy atom. The van der Waals surface area contributed by atoms with Gasteiger partial charge in [0.2, 0.25) is 0 Å². The van der Waals surface area contributed by atoms with E-state index in [-0.39, 0.29) is 6.04 Å². The van der Waals surface area contributed by atoms with Crippen molar-refractivity contribution in [2.24, 2.45) is 5.73 Å². The maximum absolute atomic E-state index is 6.33. The number of hydrogen-bond donors (Lipinski definition) is 2. The van der Waals surface area contributed by atoms with Gasteiger partial charge in [-0.3, -0.25) is 10.1 Å². The van der Waals surface area contributed by atoms with Crippen molar-refractivity contribution < 1.29 is 4.74 Å². The van der Waals surface area contributed by atoms with Crippen LogP contribution in [0.2, 0.25) is 0 Å². The summed E-state index contributed by atoms with van der Waals surface area (Å²) >= 11 is 0. The second-order valence-electron chi connectivity index (χ2n) is 7.83. The number of aryl methyl sites for hydroxylation is 1. The lowest BCUT2D eigenvalue weighted by Gasteiger charge is -2.16. The number of fused-ring (bicyclic) bond motifs is 1. The predicted molar refractivity (Wildman–Crippen MR) is 122 cm³/mol. The highest BCUT2D eigenvalue weighted by Gasteiger charge is 2.09. The molecule has 0 unspecified atom stereocenters. The summed E-state index contributed by atoms with van der Waals surface area (Å²) in [6.45, 7) is 2.45. The first-order valence-corrected chi connectivity index (χ1v) is 10.0. The maximum atomic E-state index is 6.33. The van der Waals surface area contributed by atoms with Crippen LogP contribution in [0.1, 0.15) is 11.3 Å². The number of aromatic nitrogens is 3. The number of nitrogens with two attached hydrogens (primary N) is 1. The van der Waals surface area contributed by atoms with Crippen molar-refractivity contribution in [2.45, 2.75) is 19.4 Å². The zero-order valence-electron chi connectivity index (χ0n) is 17.6. The SMILES string of the molecule is Cc1[nH]nc2ccc(-c3cncc(OC[C@@H](N)Cc4cccc(N(C)C)c4)c3)cc12. The van der Waals surface area contributed by atoms with Crippen molar-refractivity contribution in [3.8, 4) is 16.9 Å². The van der Waals surface area contributed by atoms with E-state index in [1.165, 1.54) is 11.3 Å². The van der Waals surface area contributed by atoms with Gasteiger partial charge in [0, 0.05) is 48.7 Å². The minimum atomic E-state index is -0.101. The Morgan fingerprint density at radius 2 is 1.93 bits per heavy atom. The first-order valence-electron chi connectivity index (χ1n) is 10.0. The van der Waals surface area contributed by atoms with E-state index in [1.807, 2.05) is 45.4 Å². The molecule has 2 aromatic heterocycles. The molecule has 4 aromatic rings. The van der Waals surface area contributed by atoms with Crippen molar-refractivity contribution in [3.05, 3.63) is 72.2 Å². The van der Waals surface area contributed by atoms with E-state index in [0.717, 1.165) is 34.1 Å². The molecule has 0 radical (unpaired) electrons. The molecule has 6 heteroatoms. The van der Waals surface area contributed by atoms with E-state index < -0.39 is 0 Å². The first-order chi connectivity index (χ1) is 14.5. The average molecular weight is 402 g/mol. The summed E-state index contributed by atoms with van der Waals surface area (Å²) in [7, 11) is 4.07. The van der Waals surface area contributed by atoms with E-state index in [1.54, 1.807) is 6.20 Å². The number of nitrogens with one attached hydrogen (secondary N) is 1. The van der Waals surface area contributed by atoms with Gasteiger partial charge in [-0.05, 0) is 54.8 Å². The molecule has 6 nitrogen and oxygen atoms in total. The predicted octanol–water partition coefficient (Wildman–Crippen LogP) is 3.95. The fraction of sp³-hybridized carbons (Fsp3) is 0.250. The Hall–Kier alpha value is -3.38. The third-order valence-corrected chi connectivity index (χ3v) is 5.18. The Bertz CT molecular complexity index is 1150. The number of pyridine rings is 1. The molecule has 2 aromatic carbocycles. The van der Waals surface area contributed by atoms with E-state index in [0.29, 0.717) is 12.4 Å². The summed E-state index contributed by atoms with van der Waals surface area (Å²) in [5.74, 6) is 0.717. The second kappa shape index (κ2) is 8.55. The topological polar surface area (TPSA) is 80.1 Å². The molecule has 0 saturated heterocycles. The molecule has 1 atom stereocenters. The average Bonchev–Trinajstić information content (AvgIpc) is 3.13. The number of nitrogens with zero attached hydrogens (tertiary/aromatic N) is 3. The fourth-order valence-electron chi connectivity index (χ4n) is 3.50. The fourth-order valence-corrected chi connectivity index (χ4v) is 3.50. The quantitative estimate of drug-likeness (QED) is 0.490. The summed E-state index contributed by atoms with van der Waals surface area (Å²) < 4.78 is 5.96. The lowest BCUT2D eigenvalue weighted by Crippen LogP contribution is -2.30. The number of hydrogen-bond acceptors (Lipinski definition) is 5. The Labute approximate surface area is 176 Å². The Kier molecular flexibility index (Phi) is 5.68. The molecule has 0 saturated carbocycles. The molecule has 30 heavy (non-hydrogen) atoms. The van der Waals surface area contributed by atoms with Gasteiger partial charge in [-0.2, -0.15) is 5.10 Å². The molecular formula is C24H27N5O. The van der Waals surface area contributed by atoms with Crippen LogP contribution < -0.4 is 15.4 Å². The maximum Gasteiger partial charge on any atom is 0.138 e. The lowest BCUT2D eigenvalue weighted by molar-refractivity contribution is 0.287. The third-order valence-electron chi connectivity index (χ3n) is 5.18. The summed E-state index contributed by atoms with van der Waals surface area (Å²) in [6.07, 6.45) is 4.33. The van der Waals surface area contributed by atoms with Crippen LogP contribution in [-0.2, 0) is 6.42 Å². The molecule has 4 rings (SSSR count). The van der Waals surface area contributed by atoms with Crippen LogP contribution in [0.5, 0.6) is 5.75 Å². The van der Waals surface area contributed by atoms with Gasteiger partial charge in [0.15, 0.2) is 0 Å². The molecule has 0 amide bonds. The van der Waals surface area contributed by atoms with Gasteiger partial charge in [-0.1, -0.05) is 18.2 Å². The number of aromatic amines is 1. The smallest absolute Gasteiger partial charge is 0.138 e. The highest BCUT2D eigenvalue weighted by atomic mass is 16.5. The number of ether oxygens (including phenoxy) is 1. The van der Waals surface area contributed by atoms with Crippen LogP contribution in [0, 0.1) is 6.92 Å². The van der Waals surface area contributed by atoms with E-state index in [2.05, 4.69) is 50.4 Å². The summed E-state index contributed by atoms with van der Waals surface area (Å²) in [5, 5.41) is 8.42. The number of H-pyrrole nitrogens is 1. The number of benzene rings is 2. The summed E-state index contributed by atoms with van der Waals surface area (Å²) in [5.41, 5.74) is 12.8. The molecule has 2 heterocycles. The number of anilines is 1. The molecular weight excluding hydrogens is 374 g/mol. The van der Waals surface area contributed by atoms with Crippen molar-refractivity contribution in [1.82, 2.24) is 15.2 Å². The highest BCUT2D eigenvalue weighted by molar-refractivity contribution is 5.86. The first kappa shape index (κ1) is 19.9. The van der Waals surface area contributed by atoms with Gasteiger partial charge in [0.1, 0.15) is 12.4 Å². The standard InChI is InChI=1S/C24H27N5O/c1-16-23-12-18(7-8-24(23)28-27-16)19-11-22(14-26-13-19)30-15-20(25)9-17-5-4-6-21(10-17)29(2)3/h4-8,10-14,20H,9,15,25H2,1-3H3,(H,27,28)/t20-/m0/s1. The van der Waals surface area contributed by atoms with Gasteiger partial charge < -0.3 is 15.4 Å². The zero-order valence-corrected chi connectivity index (χ0v) is 17.6. The van der Waals surface area contributed by atoms with Crippen LogP contribution in [-0.4, -0.2) is 41.9 Å². The molecule has 154 valence electrons. The van der Waals surface area contributed by atoms with Crippen LogP contribution in [0.15, 0.2) is 60.9 Å². The Morgan fingerprint density at radius 1 is 1.07 bits per heavy atom. The summed E-state index contributed by atoms with van der Waals surface area (Å²) in [4.78, 5) is 6.44. The lowest BCUT2D eigenvalue weighted by atomic mass is 10.0. The van der Waals surface area contributed by atoms with E-state index in [4.69, 9.17) is 10.5 Å². The van der Waals surface area contributed by atoms with Crippen LogP contribution in [0.25, 0.3) is 22.0 Å². The third kappa shape index (κ3) is 4.44. The molecule has 0 spiro atoms. The van der Waals surface area contributed by atoms with E-state index >= 15 is 0 Å².